The third-order valence-electron chi connectivity index (χ3n) is 3.25. The maximum Gasteiger partial charge on any atom is 0.123 e. The van der Waals surface area contributed by atoms with Crippen LogP contribution < -0.4 is 0 Å². The second-order valence-corrected chi connectivity index (χ2v) is 4.13. The highest BCUT2D eigenvalue weighted by Gasteiger charge is 2.35. The third kappa shape index (κ3) is 1.54. The van der Waals surface area contributed by atoms with Gasteiger partial charge in [-0.3, -0.25) is 4.39 Å². The summed E-state index contributed by atoms with van der Waals surface area (Å²) in [5.41, 5.74) is 0.444. The Kier molecular flexibility index (Phi) is 2.53. The molecule has 0 N–H and O–H groups in total. The lowest BCUT2D eigenvalue weighted by atomic mass is 9.80. The van der Waals surface area contributed by atoms with E-state index in [0.717, 1.165) is 31.2 Å². The Balaban J connectivity index is 2.35. The normalized spacial score (nSPS) is 19.9. The van der Waals surface area contributed by atoms with E-state index in [0.29, 0.717) is 0 Å². The minimum atomic E-state index is -0.387. The monoisotopic (exact) mass is 196 g/mol. The molecular weight excluding hydrogens is 182 g/mol. The van der Waals surface area contributed by atoms with Gasteiger partial charge in [-0.05, 0) is 30.5 Å². The van der Waals surface area contributed by atoms with Gasteiger partial charge in [0.2, 0.25) is 0 Å². The zero-order chi connectivity index (χ0) is 10.0. The molecule has 14 heavy (non-hydrogen) atoms. The van der Waals surface area contributed by atoms with Crippen molar-refractivity contribution in [1.29, 1.82) is 0 Å². The standard InChI is InChI=1S/C12H14F2/c13-9-12(6-1-2-7-12)10-4-3-5-11(14)8-10/h3-5,8H,1-2,6-7,9H2. The quantitative estimate of drug-likeness (QED) is 0.677. The summed E-state index contributed by atoms with van der Waals surface area (Å²) >= 11 is 0. The first-order valence-electron chi connectivity index (χ1n) is 5.09. The van der Waals surface area contributed by atoms with E-state index in [9.17, 15) is 8.78 Å². The fraction of sp³-hybridized carbons (Fsp3) is 0.500. The summed E-state index contributed by atoms with van der Waals surface area (Å²) in [7, 11) is 0. The number of benzene rings is 1. The van der Waals surface area contributed by atoms with Crippen LogP contribution in [0, 0.1) is 5.82 Å². The predicted molar refractivity (Wildman–Crippen MR) is 52.5 cm³/mol. The van der Waals surface area contributed by atoms with Crippen LogP contribution in [0.4, 0.5) is 8.78 Å². The Bertz CT molecular complexity index is 314. The fourth-order valence-corrected chi connectivity index (χ4v) is 2.37. The summed E-state index contributed by atoms with van der Waals surface area (Å²) in [6.07, 6.45) is 3.82. The van der Waals surface area contributed by atoms with E-state index in [4.69, 9.17) is 0 Å². The summed E-state index contributed by atoms with van der Waals surface area (Å²) in [6.45, 7) is -0.365. The predicted octanol–water partition coefficient (Wildman–Crippen LogP) is 3.61. The molecule has 0 spiro atoms. The molecule has 1 aromatic carbocycles. The first kappa shape index (κ1) is 9.63. The van der Waals surface area contributed by atoms with E-state index in [2.05, 4.69) is 0 Å². The van der Waals surface area contributed by atoms with Gasteiger partial charge in [0.25, 0.3) is 0 Å². The zero-order valence-electron chi connectivity index (χ0n) is 8.10. The van der Waals surface area contributed by atoms with Gasteiger partial charge in [-0.2, -0.15) is 0 Å². The van der Waals surface area contributed by atoms with Gasteiger partial charge in [0, 0.05) is 5.41 Å². The molecule has 2 heteroatoms. The number of hydrogen-bond acceptors (Lipinski definition) is 0. The Morgan fingerprint density at radius 3 is 2.50 bits per heavy atom. The highest BCUT2D eigenvalue weighted by molar-refractivity contribution is 5.27. The minimum Gasteiger partial charge on any atom is -0.250 e. The van der Waals surface area contributed by atoms with Crippen molar-refractivity contribution in [3.05, 3.63) is 35.6 Å². The Hall–Kier alpha value is -0.920. The van der Waals surface area contributed by atoms with Gasteiger partial charge in [0.05, 0.1) is 6.67 Å². The number of rotatable bonds is 2. The molecule has 0 bridgehead atoms. The Morgan fingerprint density at radius 2 is 1.93 bits per heavy atom. The first-order chi connectivity index (χ1) is 6.77. The highest BCUT2D eigenvalue weighted by atomic mass is 19.1. The number of halogens is 2. The summed E-state index contributed by atoms with van der Waals surface area (Å²) in [5.74, 6) is -0.262. The third-order valence-corrected chi connectivity index (χ3v) is 3.25. The van der Waals surface area contributed by atoms with Crippen LogP contribution >= 0.6 is 0 Å². The lowest BCUT2D eigenvalue weighted by Crippen LogP contribution is -2.24. The van der Waals surface area contributed by atoms with Crippen LogP contribution in [0.25, 0.3) is 0 Å². The molecule has 1 aliphatic rings. The number of hydrogen-bond donors (Lipinski definition) is 0. The molecule has 0 saturated heterocycles. The van der Waals surface area contributed by atoms with Gasteiger partial charge in [-0.1, -0.05) is 25.0 Å². The van der Waals surface area contributed by atoms with E-state index in [1.54, 1.807) is 6.07 Å². The van der Waals surface area contributed by atoms with E-state index in [-0.39, 0.29) is 17.9 Å². The summed E-state index contributed by atoms with van der Waals surface area (Å²) < 4.78 is 26.1. The summed E-state index contributed by atoms with van der Waals surface area (Å²) in [4.78, 5) is 0. The van der Waals surface area contributed by atoms with Crippen LogP contribution in [0.3, 0.4) is 0 Å². The Morgan fingerprint density at radius 1 is 1.21 bits per heavy atom. The maximum atomic E-state index is 13.0. The van der Waals surface area contributed by atoms with Crippen molar-refractivity contribution in [1.82, 2.24) is 0 Å². The topological polar surface area (TPSA) is 0 Å². The van der Waals surface area contributed by atoms with Crippen LogP contribution in [0.15, 0.2) is 24.3 Å². The molecule has 0 heterocycles. The molecule has 0 amide bonds. The summed E-state index contributed by atoms with van der Waals surface area (Å²) in [6, 6.07) is 6.39. The van der Waals surface area contributed by atoms with Crippen molar-refractivity contribution in [2.24, 2.45) is 0 Å². The van der Waals surface area contributed by atoms with E-state index in [1.165, 1.54) is 12.1 Å². The van der Waals surface area contributed by atoms with Gasteiger partial charge < -0.3 is 0 Å². The molecular formula is C12H14F2. The molecule has 0 radical (unpaired) electrons. The van der Waals surface area contributed by atoms with Gasteiger partial charge in [-0.15, -0.1) is 0 Å². The lowest BCUT2D eigenvalue weighted by molar-refractivity contribution is 0.308. The smallest absolute Gasteiger partial charge is 0.123 e. The van der Waals surface area contributed by atoms with Gasteiger partial charge in [0.15, 0.2) is 0 Å². The highest BCUT2D eigenvalue weighted by Crippen LogP contribution is 2.41. The SMILES string of the molecule is FCC1(c2cccc(F)c2)CCCC1. The van der Waals surface area contributed by atoms with Crippen LogP contribution in [0.1, 0.15) is 31.2 Å². The second-order valence-electron chi connectivity index (χ2n) is 4.13. The van der Waals surface area contributed by atoms with E-state index >= 15 is 0 Å². The minimum absolute atomic E-state index is 0.262. The maximum absolute atomic E-state index is 13.0. The largest absolute Gasteiger partial charge is 0.250 e. The molecule has 1 aromatic rings. The fourth-order valence-electron chi connectivity index (χ4n) is 2.37. The van der Waals surface area contributed by atoms with Crippen molar-refractivity contribution >= 4 is 0 Å². The molecule has 2 rings (SSSR count). The average molecular weight is 196 g/mol. The molecule has 0 atom stereocenters. The van der Waals surface area contributed by atoms with Crippen molar-refractivity contribution in [2.45, 2.75) is 31.1 Å². The number of alkyl halides is 1. The average Bonchev–Trinajstić information content (AvgIpc) is 2.67. The molecule has 1 saturated carbocycles. The molecule has 0 nitrogen and oxygen atoms in total. The molecule has 1 fully saturated rings. The lowest BCUT2D eigenvalue weighted by Gasteiger charge is -2.25. The van der Waals surface area contributed by atoms with Gasteiger partial charge >= 0.3 is 0 Å². The van der Waals surface area contributed by atoms with Gasteiger partial charge in [-0.25, -0.2) is 4.39 Å². The molecule has 1 aliphatic carbocycles. The van der Waals surface area contributed by atoms with Crippen LogP contribution in [0.2, 0.25) is 0 Å². The van der Waals surface area contributed by atoms with E-state index in [1.807, 2.05) is 6.07 Å². The van der Waals surface area contributed by atoms with Crippen LogP contribution in [-0.4, -0.2) is 6.67 Å². The first-order valence-corrected chi connectivity index (χ1v) is 5.09. The summed E-state index contributed by atoms with van der Waals surface area (Å²) in [5, 5.41) is 0. The van der Waals surface area contributed by atoms with Crippen molar-refractivity contribution in [2.75, 3.05) is 6.67 Å². The van der Waals surface area contributed by atoms with Crippen LogP contribution in [-0.2, 0) is 5.41 Å². The molecule has 0 unspecified atom stereocenters. The Labute approximate surface area is 82.9 Å². The molecule has 0 aliphatic heterocycles. The van der Waals surface area contributed by atoms with Crippen LogP contribution in [0.5, 0.6) is 0 Å². The molecule has 0 aromatic heterocycles. The van der Waals surface area contributed by atoms with Crippen molar-refractivity contribution in [3.63, 3.8) is 0 Å². The zero-order valence-corrected chi connectivity index (χ0v) is 8.10. The molecule has 76 valence electrons. The van der Waals surface area contributed by atoms with Crippen molar-refractivity contribution < 1.29 is 8.78 Å². The second kappa shape index (κ2) is 3.68. The van der Waals surface area contributed by atoms with Crippen molar-refractivity contribution in [3.8, 4) is 0 Å². The van der Waals surface area contributed by atoms with E-state index < -0.39 is 0 Å². The van der Waals surface area contributed by atoms with Gasteiger partial charge in [0.1, 0.15) is 5.82 Å².